The number of nitrogens with zero attached hydrogens (tertiary/aromatic N) is 1. The van der Waals surface area contributed by atoms with Crippen molar-refractivity contribution < 1.29 is 9.47 Å². The molecule has 0 aliphatic carbocycles. The highest BCUT2D eigenvalue weighted by Gasteiger charge is 2.25. The summed E-state index contributed by atoms with van der Waals surface area (Å²) in [7, 11) is 1.73. The molecular formula is C15H24N2O2. The number of hydrogen-bond acceptors (Lipinski definition) is 4. The van der Waals surface area contributed by atoms with Gasteiger partial charge in [0.05, 0.1) is 19.8 Å². The smallest absolute Gasteiger partial charge is 0.123 e. The van der Waals surface area contributed by atoms with E-state index in [0.29, 0.717) is 12.6 Å². The van der Waals surface area contributed by atoms with Gasteiger partial charge in [-0.15, -0.1) is 0 Å². The molecule has 0 spiro atoms. The largest absolute Gasteiger partial charge is 0.496 e. The van der Waals surface area contributed by atoms with Gasteiger partial charge in [-0.2, -0.15) is 0 Å². The number of benzene rings is 1. The summed E-state index contributed by atoms with van der Waals surface area (Å²) in [4.78, 5) is 2.42. The van der Waals surface area contributed by atoms with Gasteiger partial charge < -0.3 is 15.2 Å². The van der Waals surface area contributed by atoms with Crippen molar-refractivity contribution in [2.24, 2.45) is 5.73 Å². The fourth-order valence-electron chi connectivity index (χ4n) is 2.61. The third kappa shape index (κ3) is 3.26. The van der Waals surface area contributed by atoms with Crippen LogP contribution in [-0.4, -0.2) is 44.4 Å². The Labute approximate surface area is 115 Å². The van der Waals surface area contributed by atoms with Crippen LogP contribution in [0, 0.1) is 6.92 Å². The molecule has 1 aromatic carbocycles. The zero-order valence-electron chi connectivity index (χ0n) is 12.1. The minimum Gasteiger partial charge on any atom is -0.496 e. The summed E-state index contributed by atoms with van der Waals surface area (Å²) in [6, 6.07) is 6.64. The lowest BCUT2D eigenvalue weighted by Gasteiger charge is -2.37. The fourth-order valence-corrected chi connectivity index (χ4v) is 2.61. The van der Waals surface area contributed by atoms with Gasteiger partial charge in [-0.1, -0.05) is 17.7 Å². The third-order valence-corrected chi connectivity index (χ3v) is 3.82. The molecule has 1 saturated heterocycles. The lowest BCUT2D eigenvalue weighted by atomic mass is 10.0. The zero-order chi connectivity index (χ0) is 13.8. The number of nitrogens with two attached hydrogens (primary N) is 1. The van der Waals surface area contributed by atoms with E-state index in [1.807, 2.05) is 6.07 Å². The van der Waals surface area contributed by atoms with Crippen molar-refractivity contribution in [2.75, 3.05) is 33.4 Å². The molecule has 0 aromatic heterocycles. The highest BCUT2D eigenvalue weighted by atomic mass is 16.5. The standard InChI is InChI=1S/C15H24N2O2/c1-11-4-5-15(18-3)14(8-11)12(2)17-6-7-19-13(9-16)10-17/h4-5,8,12-13H,6-7,9-10,16H2,1-3H3. The van der Waals surface area contributed by atoms with Crippen molar-refractivity contribution in [3.05, 3.63) is 29.3 Å². The summed E-state index contributed by atoms with van der Waals surface area (Å²) in [5.74, 6) is 0.953. The van der Waals surface area contributed by atoms with Crippen molar-refractivity contribution in [1.29, 1.82) is 0 Å². The maximum atomic E-state index is 5.71. The van der Waals surface area contributed by atoms with Crippen LogP contribution in [-0.2, 0) is 4.74 Å². The van der Waals surface area contributed by atoms with Gasteiger partial charge in [0.25, 0.3) is 0 Å². The van der Waals surface area contributed by atoms with Gasteiger partial charge in [-0.05, 0) is 19.9 Å². The number of hydrogen-bond donors (Lipinski definition) is 1. The Morgan fingerprint density at radius 1 is 1.53 bits per heavy atom. The molecule has 2 atom stereocenters. The van der Waals surface area contributed by atoms with Crippen LogP contribution in [0.4, 0.5) is 0 Å². The van der Waals surface area contributed by atoms with Crippen LogP contribution in [0.25, 0.3) is 0 Å². The van der Waals surface area contributed by atoms with E-state index in [0.717, 1.165) is 25.4 Å². The Hall–Kier alpha value is -1.10. The molecule has 0 bridgehead atoms. The van der Waals surface area contributed by atoms with E-state index < -0.39 is 0 Å². The molecule has 1 aromatic rings. The third-order valence-electron chi connectivity index (χ3n) is 3.82. The van der Waals surface area contributed by atoms with Gasteiger partial charge in [0, 0.05) is 31.2 Å². The molecule has 2 N–H and O–H groups in total. The minimum atomic E-state index is 0.145. The van der Waals surface area contributed by atoms with E-state index in [-0.39, 0.29) is 6.10 Å². The molecule has 2 rings (SSSR count). The van der Waals surface area contributed by atoms with Gasteiger partial charge in [0.2, 0.25) is 0 Å². The lowest BCUT2D eigenvalue weighted by molar-refractivity contribution is -0.0367. The molecule has 1 aliphatic rings. The van der Waals surface area contributed by atoms with Crippen LogP contribution in [0.3, 0.4) is 0 Å². The summed E-state index contributed by atoms with van der Waals surface area (Å²) in [5, 5.41) is 0. The van der Waals surface area contributed by atoms with Crippen LogP contribution in [0.1, 0.15) is 24.1 Å². The highest BCUT2D eigenvalue weighted by Crippen LogP contribution is 2.30. The summed E-state index contributed by atoms with van der Waals surface area (Å²) >= 11 is 0. The SMILES string of the molecule is COc1ccc(C)cc1C(C)N1CCOC(CN)C1. The van der Waals surface area contributed by atoms with Crippen LogP contribution in [0.5, 0.6) is 5.75 Å². The average molecular weight is 264 g/mol. The maximum Gasteiger partial charge on any atom is 0.123 e. The first-order valence-corrected chi connectivity index (χ1v) is 6.86. The van der Waals surface area contributed by atoms with Crippen molar-refractivity contribution in [3.63, 3.8) is 0 Å². The highest BCUT2D eigenvalue weighted by molar-refractivity contribution is 5.39. The number of morpholine rings is 1. The van der Waals surface area contributed by atoms with E-state index in [1.54, 1.807) is 7.11 Å². The second-order valence-electron chi connectivity index (χ2n) is 5.14. The first-order valence-electron chi connectivity index (χ1n) is 6.86. The maximum absolute atomic E-state index is 5.71. The predicted molar refractivity (Wildman–Crippen MR) is 76.5 cm³/mol. The molecule has 1 aliphatic heterocycles. The summed E-state index contributed by atoms with van der Waals surface area (Å²) in [6.45, 7) is 7.48. The average Bonchev–Trinajstić information content (AvgIpc) is 2.46. The number of aryl methyl sites for hydroxylation is 1. The molecule has 0 amide bonds. The first kappa shape index (κ1) is 14.3. The fraction of sp³-hybridized carbons (Fsp3) is 0.600. The van der Waals surface area contributed by atoms with Crippen LogP contribution in [0.2, 0.25) is 0 Å². The molecule has 19 heavy (non-hydrogen) atoms. The van der Waals surface area contributed by atoms with Crippen molar-refractivity contribution in [2.45, 2.75) is 26.0 Å². The number of ether oxygens (including phenoxy) is 2. The van der Waals surface area contributed by atoms with Crippen molar-refractivity contribution in [3.8, 4) is 5.75 Å². The number of methoxy groups -OCH3 is 1. The van der Waals surface area contributed by atoms with Crippen molar-refractivity contribution in [1.82, 2.24) is 4.90 Å². The molecule has 1 heterocycles. The van der Waals surface area contributed by atoms with Crippen molar-refractivity contribution >= 4 is 0 Å². The van der Waals surface area contributed by atoms with Gasteiger partial charge in [0.1, 0.15) is 5.75 Å². The lowest BCUT2D eigenvalue weighted by Crippen LogP contribution is -2.46. The molecule has 4 nitrogen and oxygen atoms in total. The summed E-state index contributed by atoms with van der Waals surface area (Å²) < 4.78 is 11.1. The molecule has 1 fully saturated rings. The molecule has 4 heteroatoms. The predicted octanol–water partition coefficient (Wildman–Crippen LogP) is 1.72. The van der Waals surface area contributed by atoms with E-state index in [2.05, 4.69) is 30.9 Å². The molecule has 2 unspecified atom stereocenters. The Bertz CT molecular complexity index is 423. The van der Waals surface area contributed by atoms with Gasteiger partial charge in [0.15, 0.2) is 0 Å². The topological polar surface area (TPSA) is 47.7 Å². The van der Waals surface area contributed by atoms with Crippen LogP contribution < -0.4 is 10.5 Å². The molecule has 0 saturated carbocycles. The van der Waals surface area contributed by atoms with E-state index in [9.17, 15) is 0 Å². The van der Waals surface area contributed by atoms with E-state index >= 15 is 0 Å². The summed E-state index contributed by atoms with van der Waals surface area (Å²) in [6.07, 6.45) is 0.145. The number of rotatable bonds is 4. The quantitative estimate of drug-likeness (QED) is 0.899. The summed E-state index contributed by atoms with van der Waals surface area (Å²) in [5.41, 5.74) is 8.20. The second kappa shape index (κ2) is 6.37. The van der Waals surface area contributed by atoms with Gasteiger partial charge in [-0.25, -0.2) is 0 Å². The van der Waals surface area contributed by atoms with E-state index in [4.69, 9.17) is 15.2 Å². The Morgan fingerprint density at radius 2 is 2.32 bits per heavy atom. The monoisotopic (exact) mass is 264 g/mol. The minimum absolute atomic E-state index is 0.145. The zero-order valence-corrected chi connectivity index (χ0v) is 12.1. The van der Waals surface area contributed by atoms with E-state index in [1.165, 1.54) is 11.1 Å². The Kier molecular flexibility index (Phi) is 4.80. The van der Waals surface area contributed by atoms with Crippen LogP contribution >= 0.6 is 0 Å². The Balaban J connectivity index is 2.18. The van der Waals surface area contributed by atoms with Gasteiger partial charge >= 0.3 is 0 Å². The molecule has 0 radical (unpaired) electrons. The van der Waals surface area contributed by atoms with Gasteiger partial charge in [-0.3, -0.25) is 4.90 Å². The normalized spacial score (nSPS) is 22.2. The molecule has 106 valence electrons. The second-order valence-corrected chi connectivity index (χ2v) is 5.14. The first-order chi connectivity index (χ1) is 9.15. The molecular weight excluding hydrogens is 240 g/mol. The Morgan fingerprint density at radius 3 is 3.00 bits per heavy atom. The van der Waals surface area contributed by atoms with Crippen LogP contribution in [0.15, 0.2) is 18.2 Å².